The van der Waals surface area contributed by atoms with Gasteiger partial charge in [-0.15, -0.1) is 0 Å². The second kappa shape index (κ2) is 6.19. The van der Waals surface area contributed by atoms with Gasteiger partial charge in [-0.1, -0.05) is 45.4 Å². The maximum absolute atomic E-state index is 8.60. The van der Waals surface area contributed by atoms with E-state index in [9.17, 15) is 0 Å². The molecule has 6 heteroatoms. The zero-order valence-corrected chi connectivity index (χ0v) is 11.5. The number of nitrogens with two attached hydrogens (primary N) is 1. The molecule has 0 spiro atoms. The van der Waals surface area contributed by atoms with E-state index in [2.05, 4.69) is 26.1 Å². The molecule has 1 aromatic heterocycles. The fraction of sp³-hybridized carbons (Fsp3) is 0.0769. The Kier molecular flexibility index (Phi) is 4.35. The number of amidine groups is 1. The SMILES string of the molecule is N/C(=N/O)c1cccc(OCc2ccccc2Br)n1. The molecule has 0 radical (unpaired) electrons. The van der Waals surface area contributed by atoms with Crippen molar-refractivity contribution in [2.24, 2.45) is 10.9 Å². The monoisotopic (exact) mass is 321 g/mol. The Bertz CT molecular complexity index is 602. The van der Waals surface area contributed by atoms with Crippen molar-refractivity contribution in [1.82, 2.24) is 4.98 Å². The van der Waals surface area contributed by atoms with E-state index in [0.29, 0.717) is 18.2 Å². The number of oxime groups is 1. The Balaban J connectivity index is 2.10. The Morgan fingerprint density at radius 1 is 1.26 bits per heavy atom. The summed E-state index contributed by atoms with van der Waals surface area (Å²) in [5.74, 6) is 0.367. The van der Waals surface area contributed by atoms with Crippen molar-refractivity contribution in [3.63, 3.8) is 0 Å². The number of ether oxygens (including phenoxy) is 1. The highest BCUT2D eigenvalue weighted by atomic mass is 79.9. The average molecular weight is 322 g/mol. The zero-order valence-electron chi connectivity index (χ0n) is 9.95. The molecule has 0 amide bonds. The lowest BCUT2D eigenvalue weighted by molar-refractivity contribution is 0.292. The van der Waals surface area contributed by atoms with Gasteiger partial charge in [0.2, 0.25) is 5.88 Å². The van der Waals surface area contributed by atoms with Crippen molar-refractivity contribution >= 4 is 21.8 Å². The van der Waals surface area contributed by atoms with Gasteiger partial charge in [-0.05, 0) is 12.1 Å². The standard InChI is InChI=1S/C13H12BrN3O2/c14-10-5-2-1-4-9(10)8-19-12-7-3-6-11(16-12)13(15)17-18/h1-7,18H,8H2,(H2,15,17). The summed E-state index contributed by atoms with van der Waals surface area (Å²) in [5, 5.41) is 11.5. The fourth-order valence-corrected chi connectivity index (χ4v) is 1.86. The number of hydrogen-bond donors (Lipinski definition) is 2. The predicted octanol–water partition coefficient (Wildman–Crippen LogP) is 2.52. The molecule has 0 aliphatic rings. The highest BCUT2D eigenvalue weighted by Crippen LogP contribution is 2.18. The molecule has 3 N–H and O–H groups in total. The summed E-state index contributed by atoms with van der Waals surface area (Å²) in [7, 11) is 0. The third-order valence-electron chi connectivity index (χ3n) is 2.43. The summed E-state index contributed by atoms with van der Waals surface area (Å²) >= 11 is 3.45. The van der Waals surface area contributed by atoms with Crippen LogP contribution in [0.3, 0.4) is 0 Å². The Morgan fingerprint density at radius 2 is 2.05 bits per heavy atom. The topological polar surface area (TPSA) is 80.7 Å². The highest BCUT2D eigenvalue weighted by Gasteiger charge is 2.04. The number of rotatable bonds is 4. The number of nitrogens with zero attached hydrogens (tertiary/aromatic N) is 2. The van der Waals surface area contributed by atoms with E-state index in [-0.39, 0.29) is 5.84 Å². The minimum Gasteiger partial charge on any atom is -0.473 e. The van der Waals surface area contributed by atoms with Crippen molar-refractivity contribution in [2.75, 3.05) is 0 Å². The smallest absolute Gasteiger partial charge is 0.214 e. The van der Waals surface area contributed by atoms with Crippen LogP contribution in [0.5, 0.6) is 5.88 Å². The van der Waals surface area contributed by atoms with E-state index in [1.54, 1.807) is 18.2 Å². The van der Waals surface area contributed by atoms with Crippen LogP contribution in [-0.4, -0.2) is 16.0 Å². The van der Waals surface area contributed by atoms with E-state index in [4.69, 9.17) is 15.7 Å². The molecule has 2 aromatic rings. The first-order valence-electron chi connectivity index (χ1n) is 5.52. The van der Waals surface area contributed by atoms with Crippen LogP contribution in [0.1, 0.15) is 11.3 Å². The molecular formula is C13H12BrN3O2. The lowest BCUT2D eigenvalue weighted by Gasteiger charge is -2.07. The van der Waals surface area contributed by atoms with Gasteiger partial charge in [0.25, 0.3) is 0 Å². The molecule has 0 saturated heterocycles. The van der Waals surface area contributed by atoms with Crippen molar-refractivity contribution in [3.8, 4) is 5.88 Å². The van der Waals surface area contributed by atoms with Gasteiger partial charge >= 0.3 is 0 Å². The fourth-order valence-electron chi connectivity index (χ4n) is 1.46. The van der Waals surface area contributed by atoms with Gasteiger partial charge in [-0.3, -0.25) is 0 Å². The number of aromatic nitrogens is 1. The largest absolute Gasteiger partial charge is 0.473 e. The van der Waals surface area contributed by atoms with Gasteiger partial charge in [0.15, 0.2) is 5.84 Å². The normalized spacial score (nSPS) is 11.3. The average Bonchev–Trinajstić information content (AvgIpc) is 2.46. The van der Waals surface area contributed by atoms with Crippen LogP contribution < -0.4 is 10.5 Å². The molecule has 2 rings (SSSR count). The first-order valence-corrected chi connectivity index (χ1v) is 6.31. The molecule has 1 aromatic carbocycles. The van der Waals surface area contributed by atoms with Crippen molar-refractivity contribution in [1.29, 1.82) is 0 Å². The van der Waals surface area contributed by atoms with Crippen LogP contribution in [0.15, 0.2) is 52.1 Å². The molecule has 1 heterocycles. The second-order valence-corrected chi connectivity index (χ2v) is 4.58. The molecule has 98 valence electrons. The summed E-state index contributed by atoms with van der Waals surface area (Å²) < 4.78 is 6.55. The van der Waals surface area contributed by atoms with Crippen LogP contribution in [0.2, 0.25) is 0 Å². The van der Waals surface area contributed by atoms with Gasteiger partial charge in [0, 0.05) is 16.1 Å². The minimum absolute atomic E-state index is 0.0497. The molecule has 19 heavy (non-hydrogen) atoms. The maximum atomic E-state index is 8.60. The van der Waals surface area contributed by atoms with Crippen LogP contribution >= 0.6 is 15.9 Å². The third-order valence-corrected chi connectivity index (χ3v) is 3.20. The van der Waals surface area contributed by atoms with E-state index in [1.807, 2.05) is 24.3 Å². The molecule has 5 nitrogen and oxygen atoms in total. The van der Waals surface area contributed by atoms with Gasteiger partial charge in [-0.25, -0.2) is 4.98 Å². The molecule has 0 atom stereocenters. The summed E-state index contributed by atoms with van der Waals surface area (Å²) in [5.41, 5.74) is 6.85. The van der Waals surface area contributed by atoms with E-state index in [0.717, 1.165) is 10.0 Å². The highest BCUT2D eigenvalue weighted by molar-refractivity contribution is 9.10. The molecule has 0 fully saturated rings. The maximum Gasteiger partial charge on any atom is 0.214 e. The summed E-state index contributed by atoms with van der Waals surface area (Å²) in [4.78, 5) is 4.13. The zero-order chi connectivity index (χ0) is 13.7. The number of pyridine rings is 1. The lowest BCUT2D eigenvalue weighted by atomic mass is 10.2. The quantitative estimate of drug-likeness (QED) is 0.392. The second-order valence-electron chi connectivity index (χ2n) is 3.73. The van der Waals surface area contributed by atoms with Crippen molar-refractivity contribution in [3.05, 3.63) is 58.2 Å². The molecule has 0 unspecified atom stereocenters. The molecule has 0 aliphatic carbocycles. The van der Waals surface area contributed by atoms with Crippen molar-refractivity contribution in [2.45, 2.75) is 6.61 Å². The predicted molar refractivity (Wildman–Crippen MR) is 75.2 cm³/mol. The Labute approximate surface area is 118 Å². The summed E-state index contributed by atoms with van der Waals surface area (Å²) in [6.45, 7) is 0.383. The van der Waals surface area contributed by atoms with Gasteiger partial charge in [-0.2, -0.15) is 0 Å². The van der Waals surface area contributed by atoms with Crippen molar-refractivity contribution < 1.29 is 9.94 Å². The first kappa shape index (κ1) is 13.4. The number of halogens is 1. The molecule has 0 saturated carbocycles. The van der Waals surface area contributed by atoms with Gasteiger partial charge < -0.3 is 15.7 Å². The van der Waals surface area contributed by atoms with Gasteiger partial charge in [0.1, 0.15) is 12.3 Å². The first-order chi connectivity index (χ1) is 9.20. The van der Waals surface area contributed by atoms with Crippen LogP contribution in [0.4, 0.5) is 0 Å². The lowest BCUT2D eigenvalue weighted by Crippen LogP contribution is -2.15. The summed E-state index contributed by atoms with van der Waals surface area (Å²) in [6, 6.07) is 12.9. The van der Waals surface area contributed by atoms with E-state index in [1.165, 1.54) is 0 Å². The third kappa shape index (κ3) is 3.45. The molecule has 0 aliphatic heterocycles. The minimum atomic E-state index is -0.0497. The number of benzene rings is 1. The van der Waals surface area contributed by atoms with E-state index < -0.39 is 0 Å². The van der Waals surface area contributed by atoms with E-state index >= 15 is 0 Å². The molecular weight excluding hydrogens is 310 g/mol. The summed E-state index contributed by atoms with van der Waals surface area (Å²) in [6.07, 6.45) is 0. The number of hydrogen-bond acceptors (Lipinski definition) is 4. The van der Waals surface area contributed by atoms with Crippen LogP contribution in [-0.2, 0) is 6.61 Å². The molecule has 0 bridgehead atoms. The Hall–Kier alpha value is -2.08. The van der Waals surface area contributed by atoms with Gasteiger partial charge in [0.05, 0.1) is 0 Å². The van der Waals surface area contributed by atoms with Crippen LogP contribution in [0.25, 0.3) is 0 Å². The Morgan fingerprint density at radius 3 is 2.79 bits per heavy atom. The van der Waals surface area contributed by atoms with Crippen LogP contribution in [0, 0.1) is 0 Å².